The van der Waals surface area contributed by atoms with Crippen LogP contribution in [0, 0.1) is 13.8 Å². The van der Waals surface area contributed by atoms with Crippen LogP contribution >= 0.6 is 0 Å². The van der Waals surface area contributed by atoms with Crippen molar-refractivity contribution in [2.45, 2.75) is 13.8 Å². The van der Waals surface area contributed by atoms with Gasteiger partial charge < -0.3 is 0 Å². The van der Waals surface area contributed by atoms with Crippen LogP contribution in [0.3, 0.4) is 0 Å². The molecular weight excluding hydrogens is 190 g/mol. The summed E-state index contributed by atoms with van der Waals surface area (Å²) in [4.78, 5) is 15.1. The summed E-state index contributed by atoms with van der Waals surface area (Å²) in [5, 5.41) is 3.10. The highest BCUT2D eigenvalue weighted by atomic mass is 16.1. The van der Waals surface area contributed by atoms with Gasteiger partial charge in [0, 0.05) is 13.0 Å². The molecular formula is C11H12N3O+. The number of pyridine rings is 1. The predicted molar refractivity (Wildman–Crippen MR) is 55.0 cm³/mol. The third-order valence-electron chi connectivity index (χ3n) is 2.40. The Morgan fingerprint density at radius 2 is 2.20 bits per heavy atom. The summed E-state index contributed by atoms with van der Waals surface area (Å²) in [6.45, 7) is 3.76. The van der Waals surface area contributed by atoms with E-state index in [0.717, 1.165) is 23.5 Å². The third kappa shape index (κ3) is 1.54. The lowest BCUT2D eigenvalue weighted by atomic mass is 10.2. The molecule has 15 heavy (non-hydrogen) atoms. The molecule has 0 aliphatic heterocycles. The molecule has 0 fully saturated rings. The number of aromatic nitrogens is 3. The minimum absolute atomic E-state index is 0.695. The molecule has 4 nitrogen and oxygen atoms in total. The first-order valence-electron chi connectivity index (χ1n) is 4.72. The van der Waals surface area contributed by atoms with E-state index in [4.69, 9.17) is 0 Å². The standard InChI is InChI=1S/C11H11N3O/c1-8-10(7-15)9(2)14(13-8)11-5-3-4-6-12-11/h3-7H,1-2H3/p+1. The first-order chi connectivity index (χ1) is 7.24. The zero-order chi connectivity index (χ0) is 10.8. The Bertz CT molecular complexity index is 488. The molecule has 0 unspecified atom stereocenters. The van der Waals surface area contributed by atoms with Crippen molar-refractivity contribution >= 4 is 6.29 Å². The molecule has 0 amide bonds. The lowest BCUT2D eigenvalue weighted by molar-refractivity contribution is -0.665. The number of nitrogens with zero attached hydrogens (tertiary/aromatic N) is 2. The largest absolute Gasteiger partial charge is 0.346 e. The van der Waals surface area contributed by atoms with Crippen molar-refractivity contribution in [2.75, 3.05) is 0 Å². The average molecular weight is 202 g/mol. The van der Waals surface area contributed by atoms with Crippen LogP contribution < -0.4 is 4.68 Å². The Labute approximate surface area is 87.6 Å². The summed E-state index contributed by atoms with van der Waals surface area (Å²) < 4.78 is 1.80. The minimum Gasteiger partial charge on any atom is -0.298 e. The number of H-pyrrole nitrogens is 1. The van der Waals surface area contributed by atoms with Crippen LogP contribution in [0.5, 0.6) is 0 Å². The second kappa shape index (κ2) is 3.65. The molecule has 0 saturated heterocycles. The van der Waals surface area contributed by atoms with E-state index in [1.807, 2.05) is 32.0 Å². The second-order valence-electron chi connectivity index (χ2n) is 3.38. The number of nitrogens with one attached hydrogen (secondary N) is 1. The van der Waals surface area contributed by atoms with Gasteiger partial charge in [0.1, 0.15) is 11.9 Å². The van der Waals surface area contributed by atoms with Crippen molar-refractivity contribution in [1.82, 2.24) is 10.1 Å². The van der Waals surface area contributed by atoms with Gasteiger partial charge in [-0.25, -0.2) is 5.10 Å². The van der Waals surface area contributed by atoms with Gasteiger partial charge in [-0.3, -0.25) is 4.79 Å². The molecule has 2 aromatic rings. The third-order valence-corrected chi connectivity index (χ3v) is 2.40. The van der Waals surface area contributed by atoms with E-state index in [0.29, 0.717) is 5.56 Å². The van der Waals surface area contributed by atoms with E-state index < -0.39 is 0 Å². The molecule has 2 rings (SSSR count). The fraction of sp³-hybridized carbons (Fsp3) is 0.182. The van der Waals surface area contributed by atoms with Crippen molar-refractivity contribution in [2.24, 2.45) is 0 Å². The van der Waals surface area contributed by atoms with Gasteiger partial charge in [0.25, 0.3) is 0 Å². The Morgan fingerprint density at radius 3 is 2.73 bits per heavy atom. The number of hydrogen-bond donors (Lipinski definition) is 1. The van der Waals surface area contributed by atoms with Gasteiger partial charge in [0.05, 0.1) is 11.3 Å². The summed E-state index contributed by atoms with van der Waals surface area (Å²) in [6, 6.07) is 5.65. The zero-order valence-electron chi connectivity index (χ0n) is 8.69. The fourth-order valence-corrected chi connectivity index (χ4v) is 1.59. The van der Waals surface area contributed by atoms with Crippen molar-refractivity contribution < 1.29 is 9.48 Å². The topological polar surface area (TPSA) is 49.6 Å². The Hall–Kier alpha value is -1.97. The molecule has 2 heterocycles. The van der Waals surface area contributed by atoms with Gasteiger partial charge in [-0.2, -0.15) is 0 Å². The van der Waals surface area contributed by atoms with Crippen LogP contribution in [0.1, 0.15) is 21.7 Å². The van der Waals surface area contributed by atoms with E-state index in [9.17, 15) is 4.79 Å². The number of carbonyl (C=O) groups is 1. The number of carbonyl (C=O) groups excluding carboxylic acids is 1. The van der Waals surface area contributed by atoms with Crippen LogP contribution in [0.2, 0.25) is 0 Å². The van der Waals surface area contributed by atoms with Crippen LogP contribution in [0.15, 0.2) is 24.4 Å². The molecule has 0 aromatic carbocycles. The van der Waals surface area contributed by atoms with E-state index in [1.54, 1.807) is 10.9 Å². The van der Waals surface area contributed by atoms with Crippen LogP contribution in [-0.2, 0) is 0 Å². The lowest BCUT2D eigenvalue weighted by Crippen LogP contribution is -2.36. The second-order valence-corrected chi connectivity index (χ2v) is 3.38. The number of aryl methyl sites for hydroxylation is 1. The van der Waals surface area contributed by atoms with Crippen LogP contribution in [0.25, 0.3) is 5.82 Å². The highest BCUT2D eigenvalue weighted by molar-refractivity contribution is 5.77. The highest BCUT2D eigenvalue weighted by Crippen LogP contribution is 2.06. The number of rotatable bonds is 2. The average Bonchev–Trinajstić information content (AvgIpc) is 2.55. The number of hydrogen-bond acceptors (Lipinski definition) is 2. The Morgan fingerprint density at radius 1 is 1.40 bits per heavy atom. The zero-order valence-corrected chi connectivity index (χ0v) is 8.69. The van der Waals surface area contributed by atoms with E-state index in [2.05, 4.69) is 10.1 Å². The van der Waals surface area contributed by atoms with Crippen LogP contribution in [-0.4, -0.2) is 16.4 Å². The van der Waals surface area contributed by atoms with Gasteiger partial charge >= 0.3 is 5.82 Å². The van der Waals surface area contributed by atoms with Gasteiger partial charge in [-0.15, -0.1) is 4.68 Å². The predicted octanol–water partition coefficient (Wildman–Crippen LogP) is 1.12. The van der Waals surface area contributed by atoms with E-state index >= 15 is 0 Å². The van der Waals surface area contributed by atoms with E-state index in [-0.39, 0.29) is 0 Å². The van der Waals surface area contributed by atoms with Crippen molar-refractivity contribution in [3.63, 3.8) is 0 Å². The molecule has 0 spiro atoms. The van der Waals surface area contributed by atoms with Crippen molar-refractivity contribution in [3.05, 3.63) is 41.3 Å². The highest BCUT2D eigenvalue weighted by Gasteiger charge is 2.17. The molecule has 76 valence electrons. The Kier molecular flexibility index (Phi) is 2.33. The molecule has 0 aliphatic rings. The van der Waals surface area contributed by atoms with Gasteiger partial charge in [0.15, 0.2) is 6.29 Å². The summed E-state index contributed by atoms with van der Waals surface area (Å²) in [6.07, 6.45) is 2.58. The first-order valence-corrected chi connectivity index (χ1v) is 4.72. The molecule has 1 N–H and O–H groups in total. The summed E-state index contributed by atoms with van der Waals surface area (Å²) in [5.74, 6) is 0.784. The Balaban J connectivity index is 2.60. The molecule has 0 bridgehead atoms. The van der Waals surface area contributed by atoms with Gasteiger partial charge in [-0.05, 0) is 18.0 Å². The number of aldehydes is 1. The van der Waals surface area contributed by atoms with Crippen LogP contribution in [0.4, 0.5) is 0 Å². The summed E-state index contributed by atoms with van der Waals surface area (Å²) >= 11 is 0. The van der Waals surface area contributed by atoms with Gasteiger partial charge in [0.2, 0.25) is 0 Å². The quantitative estimate of drug-likeness (QED) is 0.586. The molecule has 0 saturated carbocycles. The lowest BCUT2D eigenvalue weighted by Gasteiger charge is -1.92. The monoisotopic (exact) mass is 202 g/mol. The molecule has 2 aromatic heterocycles. The smallest absolute Gasteiger partial charge is 0.298 e. The normalized spacial score (nSPS) is 10.3. The summed E-state index contributed by atoms with van der Waals surface area (Å²) in [7, 11) is 0. The molecule has 0 aliphatic carbocycles. The van der Waals surface area contributed by atoms with Crippen molar-refractivity contribution in [1.29, 1.82) is 0 Å². The minimum atomic E-state index is 0.695. The molecule has 4 heteroatoms. The van der Waals surface area contributed by atoms with Crippen molar-refractivity contribution in [3.8, 4) is 5.82 Å². The maximum Gasteiger partial charge on any atom is 0.346 e. The molecule has 0 radical (unpaired) electrons. The van der Waals surface area contributed by atoms with E-state index in [1.165, 1.54) is 0 Å². The van der Waals surface area contributed by atoms with Gasteiger partial charge in [-0.1, -0.05) is 6.07 Å². The summed E-state index contributed by atoms with van der Waals surface area (Å²) in [5.41, 5.74) is 2.43. The fourth-order valence-electron chi connectivity index (χ4n) is 1.59. The maximum atomic E-state index is 10.8. The first kappa shape index (κ1) is 9.58. The maximum absolute atomic E-state index is 10.8. The number of aromatic amines is 1. The SMILES string of the molecule is Cc1[nH][n+](-c2ccccn2)c(C)c1C=O. The molecule has 0 atom stereocenters.